The van der Waals surface area contributed by atoms with E-state index in [0.29, 0.717) is 22.8 Å². The summed E-state index contributed by atoms with van der Waals surface area (Å²) in [4.78, 5) is 24.1. The molecule has 2 aliphatic rings. The molecule has 170 valence electrons. The third kappa shape index (κ3) is 4.52. The molecule has 0 bridgehead atoms. The minimum absolute atomic E-state index is 0.00186. The van der Waals surface area contributed by atoms with Gasteiger partial charge in [0.2, 0.25) is 5.75 Å². The highest BCUT2D eigenvalue weighted by Gasteiger charge is 2.25. The molecule has 2 aromatic carbocycles. The summed E-state index contributed by atoms with van der Waals surface area (Å²) in [5.74, 6) is 1.03. The fourth-order valence-corrected chi connectivity index (χ4v) is 4.31. The fraction of sp³-hybridized carbons (Fsp3) is 0.440. The van der Waals surface area contributed by atoms with Gasteiger partial charge < -0.3 is 23.7 Å². The van der Waals surface area contributed by atoms with Gasteiger partial charge in [-0.2, -0.15) is 0 Å². The second-order valence-electron chi connectivity index (χ2n) is 7.98. The highest BCUT2D eigenvalue weighted by atomic mass is 16.6. The Labute approximate surface area is 187 Å². The molecule has 0 spiro atoms. The molecule has 1 aliphatic carbocycles. The summed E-state index contributed by atoms with van der Waals surface area (Å²) < 4.78 is 27.6. The van der Waals surface area contributed by atoms with Gasteiger partial charge in [-0.05, 0) is 42.7 Å². The minimum Gasteiger partial charge on any atom is -0.493 e. The second kappa shape index (κ2) is 9.94. The zero-order valence-electron chi connectivity index (χ0n) is 18.5. The summed E-state index contributed by atoms with van der Waals surface area (Å²) in [7, 11) is 3.11. The molecule has 1 aliphatic heterocycles. The van der Waals surface area contributed by atoms with E-state index in [2.05, 4.69) is 0 Å². The Bertz CT molecular complexity index is 992. The van der Waals surface area contributed by atoms with Crippen molar-refractivity contribution in [2.75, 3.05) is 27.4 Å². The minimum atomic E-state index is -0.310. The Morgan fingerprint density at radius 3 is 2.50 bits per heavy atom. The van der Waals surface area contributed by atoms with Gasteiger partial charge >= 0.3 is 11.9 Å². The number of rotatable bonds is 8. The third-order valence-corrected chi connectivity index (χ3v) is 6.01. The fourth-order valence-electron chi connectivity index (χ4n) is 4.31. The van der Waals surface area contributed by atoms with E-state index in [4.69, 9.17) is 23.7 Å². The van der Waals surface area contributed by atoms with Gasteiger partial charge in [0, 0.05) is 11.1 Å². The zero-order chi connectivity index (χ0) is 22.5. The number of carbonyl (C=O) groups excluding carboxylic acids is 2. The van der Waals surface area contributed by atoms with E-state index in [9.17, 15) is 9.59 Å². The van der Waals surface area contributed by atoms with Crippen LogP contribution in [0.15, 0.2) is 30.3 Å². The smallest absolute Gasteiger partial charge is 0.338 e. The first-order valence-corrected chi connectivity index (χ1v) is 11.0. The van der Waals surface area contributed by atoms with Crippen LogP contribution in [-0.4, -0.2) is 39.4 Å². The monoisotopic (exact) mass is 440 g/mol. The summed E-state index contributed by atoms with van der Waals surface area (Å²) in [6.45, 7) is 0.589. The molecule has 1 heterocycles. The quantitative estimate of drug-likeness (QED) is 0.440. The summed E-state index contributed by atoms with van der Waals surface area (Å²) in [6, 6.07) is 9.20. The molecular weight excluding hydrogens is 412 g/mol. The van der Waals surface area contributed by atoms with Crippen LogP contribution in [0.1, 0.15) is 48.0 Å². The Morgan fingerprint density at radius 2 is 1.75 bits per heavy atom. The van der Waals surface area contributed by atoms with Gasteiger partial charge in [0.15, 0.2) is 11.5 Å². The normalized spacial score (nSPS) is 15.6. The number of hydrogen-bond acceptors (Lipinski definition) is 7. The molecule has 0 amide bonds. The summed E-state index contributed by atoms with van der Waals surface area (Å²) in [6.07, 6.45) is 5.15. The lowest BCUT2D eigenvalue weighted by atomic mass is 9.89. The van der Waals surface area contributed by atoms with Crippen LogP contribution in [0.25, 0.3) is 11.1 Å². The van der Waals surface area contributed by atoms with E-state index in [1.54, 1.807) is 26.4 Å². The van der Waals surface area contributed by atoms with E-state index >= 15 is 0 Å². The van der Waals surface area contributed by atoms with E-state index in [-0.39, 0.29) is 37.7 Å². The molecule has 0 unspecified atom stereocenters. The van der Waals surface area contributed by atoms with E-state index in [0.717, 1.165) is 42.4 Å². The van der Waals surface area contributed by atoms with Crippen molar-refractivity contribution in [1.29, 1.82) is 0 Å². The van der Waals surface area contributed by atoms with Crippen LogP contribution in [0.4, 0.5) is 0 Å². The summed E-state index contributed by atoms with van der Waals surface area (Å²) >= 11 is 0. The molecular formula is C25H28O7. The molecule has 0 N–H and O–H groups in total. The first-order chi connectivity index (χ1) is 15.6. The van der Waals surface area contributed by atoms with Crippen LogP contribution in [0.5, 0.6) is 17.2 Å². The van der Waals surface area contributed by atoms with Gasteiger partial charge in [-0.15, -0.1) is 0 Å². The number of esters is 2. The Morgan fingerprint density at radius 1 is 0.969 bits per heavy atom. The zero-order valence-corrected chi connectivity index (χ0v) is 18.5. The maximum absolute atomic E-state index is 12.3. The molecule has 1 saturated carbocycles. The molecule has 0 aromatic heterocycles. The van der Waals surface area contributed by atoms with Crippen LogP contribution >= 0.6 is 0 Å². The van der Waals surface area contributed by atoms with Crippen molar-refractivity contribution in [1.82, 2.24) is 0 Å². The lowest BCUT2D eigenvalue weighted by molar-refractivity contribution is -0.150. The van der Waals surface area contributed by atoms with Crippen molar-refractivity contribution < 1.29 is 33.3 Å². The molecule has 1 fully saturated rings. The van der Waals surface area contributed by atoms with Gasteiger partial charge in [-0.3, -0.25) is 4.79 Å². The van der Waals surface area contributed by atoms with Gasteiger partial charge in [-0.1, -0.05) is 25.3 Å². The van der Waals surface area contributed by atoms with Crippen LogP contribution in [-0.2, 0) is 20.9 Å². The molecule has 2 aromatic rings. The van der Waals surface area contributed by atoms with Gasteiger partial charge in [0.25, 0.3) is 0 Å². The number of carbonyl (C=O) groups is 2. The van der Waals surface area contributed by atoms with Gasteiger partial charge in [0.1, 0.15) is 19.8 Å². The largest absolute Gasteiger partial charge is 0.493 e. The Balaban J connectivity index is 1.52. The standard InChI is InChI=1S/C25H28O7/c1-28-21-11-10-19(17-8-9-20-18(14-17)15-32-25(20)27)22(23(21)29-2)30-12-13-31-24(26)16-6-4-3-5-7-16/h8-11,14,16H,3-7,12-13,15H2,1-2H3. The number of ether oxygens (including phenoxy) is 5. The highest BCUT2D eigenvalue weighted by molar-refractivity contribution is 5.94. The number of cyclic esters (lactones) is 1. The van der Waals surface area contributed by atoms with Crippen LogP contribution in [0.3, 0.4) is 0 Å². The maximum Gasteiger partial charge on any atom is 0.338 e. The predicted molar refractivity (Wildman–Crippen MR) is 117 cm³/mol. The van der Waals surface area contributed by atoms with Crippen LogP contribution in [0, 0.1) is 5.92 Å². The van der Waals surface area contributed by atoms with Crippen LogP contribution < -0.4 is 14.2 Å². The summed E-state index contributed by atoms with van der Waals surface area (Å²) in [5.41, 5.74) is 3.04. The van der Waals surface area contributed by atoms with Gasteiger partial charge in [-0.25, -0.2) is 4.79 Å². The maximum atomic E-state index is 12.3. The van der Waals surface area contributed by atoms with E-state index < -0.39 is 0 Å². The molecule has 32 heavy (non-hydrogen) atoms. The predicted octanol–water partition coefficient (Wildman–Crippen LogP) is 4.54. The van der Waals surface area contributed by atoms with Gasteiger partial charge in [0.05, 0.1) is 25.7 Å². The Kier molecular flexibility index (Phi) is 6.83. The first kappa shape index (κ1) is 22.0. The lowest BCUT2D eigenvalue weighted by Crippen LogP contribution is -2.22. The molecule has 7 nitrogen and oxygen atoms in total. The molecule has 0 saturated heterocycles. The average Bonchev–Trinajstić information content (AvgIpc) is 3.21. The molecule has 4 rings (SSSR count). The third-order valence-electron chi connectivity index (χ3n) is 6.01. The van der Waals surface area contributed by atoms with Crippen molar-refractivity contribution in [3.63, 3.8) is 0 Å². The lowest BCUT2D eigenvalue weighted by Gasteiger charge is -2.20. The molecule has 0 atom stereocenters. The number of methoxy groups -OCH3 is 2. The number of benzene rings is 2. The van der Waals surface area contributed by atoms with Crippen molar-refractivity contribution >= 4 is 11.9 Å². The highest BCUT2D eigenvalue weighted by Crippen LogP contribution is 2.45. The first-order valence-electron chi connectivity index (χ1n) is 11.0. The van der Waals surface area contributed by atoms with Crippen molar-refractivity contribution in [3.8, 4) is 28.4 Å². The SMILES string of the molecule is COc1ccc(-c2ccc3c(c2)COC3=O)c(OCCOC(=O)C2CCCCC2)c1OC. The topological polar surface area (TPSA) is 80.3 Å². The van der Waals surface area contributed by atoms with Crippen molar-refractivity contribution in [2.45, 2.75) is 38.7 Å². The number of fused-ring (bicyclic) bond motifs is 1. The summed E-state index contributed by atoms with van der Waals surface area (Å²) in [5, 5.41) is 0. The van der Waals surface area contributed by atoms with E-state index in [1.807, 2.05) is 18.2 Å². The number of hydrogen-bond donors (Lipinski definition) is 0. The second-order valence-corrected chi connectivity index (χ2v) is 7.98. The van der Waals surface area contributed by atoms with Crippen molar-refractivity contribution in [2.24, 2.45) is 5.92 Å². The molecule has 7 heteroatoms. The average molecular weight is 440 g/mol. The van der Waals surface area contributed by atoms with Crippen molar-refractivity contribution in [3.05, 3.63) is 41.5 Å². The molecule has 0 radical (unpaired) electrons. The Hall–Kier alpha value is -3.22. The van der Waals surface area contributed by atoms with E-state index in [1.165, 1.54) is 6.42 Å². The van der Waals surface area contributed by atoms with Crippen LogP contribution in [0.2, 0.25) is 0 Å².